The molecule has 57 heavy (non-hydrogen) atoms. The largest absolute Gasteiger partial charge is 0.497 e. The van der Waals surface area contributed by atoms with Gasteiger partial charge in [-0.3, -0.25) is 19.2 Å². The Morgan fingerprint density at radius 3 is 2.09 bits per heavy atom. The van der Waals surface area contributed by atoms with E-state index in [2.05, 4.69) is 10.6 Å². The summed E-state index contributed by atoms with van der Waals surface area (Å²) in [5, 5.41) is 28.7. The van der Waals surface area contributed by atoms with Crippen molar-refractivity contribution in [3.05, 3.63) is 29.8 Å². The molecule has 0 aromatic heterocycles. The number of alkyl carbamates (subject to hydrolysis) is 1. The zero-order chi connectivity index (χ0) is 43.0. The van der Waals surface area contributed by atoms with Crippen molar-refractivity contribution in [2.24, 2.45) is 23.7 Å². The number of methoxy groups -OCH3 is 2. The number of nitrogens with one attached hydrogen (secondary N) is 2. The summed E-state index contributed by atoms with van der Waals surface area (Å²) >= 11 is 0. The fourth-order valence-corrected chi connectivity index (χ4v) is 7.98. The number of aliphatic hydroxyl groups excluding tert-OH is 1. The van der Waals surface area contributed by atoms with E-state index in [9.17, 15) is 34.2 Å². The molecule has 0 aliphatic carbocycles. The van der Waals surface area contributed by atoms with Gasteiger partial charge in [-0.2, -0.15) is 0 Å². The highest BCUT2D eigenvalue weighted by atomic mass is 16.7. The molecule has 2 aliphatic heterocycles. The molecule has 16 heteroatoms. The number of cyclic esters (lactones) is 1. The zero-order valence-electron chi connectivity index (χ0n) is 35.5. The van der Waals surface area contributed by atoms with Crippen LogP contribution in [0.4, 0.5) is 4.79 Å². The van der Waals surface area contributed by atoms with Crippen LogP contribution in [0.25, 0.3) is 0 Å². The van der Waals surface area contributed by atoms with Crippen LogP contribution in [0.5, 0.6) is 5.75 Å². The average Bonchev–Trinajstić information content (AvgIpc) is 3.18. The molecular weight excluding hydrogens is 742 g/mol. The normalized spacial score (nSPS) is 35.8. The van der Waals surface area contributed by atoms with Gasteiger partial charge in [-0.1, -0.05) is 27.7 Å². The number of hydrogen-bond donors (Lipinski definition) is 4. The maximum absolute atomic E-state index is 14.4. The predicted molar refractivity (Wildman–Crippen MR) is 208 cm³/mol. The van der Waals surface area contributed by atoms with Crippen LogP contribution in [0.3, 0.4) is 0 Å². The quantitative estimate of drug-likeness (QED) is 0.144. The van der Waals surface area contributed by atoms with Crippen LogP contribution in [-0.4, -0.2) is 140 Å². The number of esters is 1. The topological polar surface area (TPSA) is 208 Å². The van der Waals surface area contributed by atoms with Gasteiger partial charge in [0.05, 0.1) is 30.8 Å². The fourth-order valence-electron chi connectivity index (χ4n) is 7.98. The van der Waals surface area contributed by atoms with Crippen LogP contribution in [0.15, 0.2) is 24.3 Å². The minimum absolute atomic E-state index is 0.00454. The second-order valence-corrected chi connectivity index (χ2v) is 16.2. The van der Waals surface area contributed by atoms with Crippen molar-refractivity contribution < 1.29 is 62.6 Å². The van der Waals surface area contributed by atoms with Crippen molar-refractivity contribution in [1.29, 1.82) is 0 Å². The van der Waals surface area contributed by atoms with Crippen molar-refractivity contribution in [1.82, 2.24) is 15.5 Å². The lowest BCUT2D eigenvalue weighted by molar-refractivity contribution is -0.295. The maximum atomic E-state index is 14.4. The van der Waals surface area contributed by atoms with Crippen molar-refractivity contribution in [2.45, 2.75) is 129 Å². The van der Waals surface area contributed by atoms with Gasteiger partial charge in [0.15, 0.2) is 12.1 Å². The van der Waals surface area contributed by atoms with E-state index in [1.54, 1.807) is 52.0 Å². The first kappa shape index (κ1) is 47.7. The molecule has 2 amide bonds. The lowest BCUT2D eigenvalue weighted by Gasteiger charge is -2.47. The van der Waals surface area contributed by atoms with Gasteiger partial charge in [-0.05, 0) is 85.3 Å². The number of carbonyl (C=O) groups excluding carboxylic acids is 5. The van der Waals surface area contributed by atoms with Crippen molar-refractivity contribution in [3.8, 4) is 5.75 Å². The summed E-state index contributed by atoms with van der Waals surface area (Å²) in [6.45, 7) is 12.7. The molecule has 0 bridgehead atoms. The molecule has 1 aromatic carbocycles. The summed E-state index contributed by atoms with van der Waals surface area (Å²) in [6.07, 6.45) is -6.96. The van der Waals surface area contributed by atoms with Crippen LogP contribution in [0.1, 0.15) is 85.0 Å². The van der Waals surface area contributed by atoms with E-state index in [4.69, 9.17) is 28.4 Å². The summed E-state index contributed by atoms with van der Waals surface area (Å²) in [6, 6.07) is 6.16. The number of nitrogens with zero attached hydrogens (tertiary/aromatic N) is 1. The van der Waals surface area contributed by atoms with Gasteiger partial charge >= 0.3 is 12.1 Å². The van der Waals surface area contributed by atoms with Crippen molar-refractivity contribution in [3.63, 3.8) is 0 Å². The first-order valence-electron chi connectivity index (χ1n) is 19.7. The number of carbonyl (C=O) groups is 5. The van der Waals surface area contributed by atoms with Gasteiger partial charge in [0.25, 0.3) is 5.91 Å². The minimum Gasteiger partial charge on any atom is -0.497 e. The third-order valence-corrected chi connectivity index (χ3v) is 11.5. The number of ether oxygens (including phenoxy) is 6. The highest BCUT2D eigenvalue weighted by Gasteiger charge is 2.53. The molecule has 4 N–H and O–H groups in total. The van der Waals surface area contributed by atoms with E-state index in [1.807, 2.05) is 25.9 Å². The number of aliphatic hydroxyl groups is 2. The van der Waals surface area contributed by atoms with Crippen LogP contribution < -0.4 is 15.4 Å². The lowest BCUT2D eigenvalue weighted by atomic mass is 9.74. The van der Waals surface area contributed by atoms with Gasteiger partial charge in [0, 0.05) is 43.6 Å². The maximum Gasteiger partial charge on any atom is 0.407 e. The van der Waals surface area contributed by atoms with E-state index >= 15 is 0 Å². The van der Waals surface area contributed by atoms with E-state index in [1.165, 1.54) is 35.0 Å². The molecule has 3 rings (SSSR count). The van der Waals surface area contributed by atoms with Crippen LogP contribution >= 0.6 is 0 Å². The Bertz CT molecular complexity index is 1540. The summed E-state index contributed by atoms with van der Waals surface area (Å²) in [4.78, 5) is 69.9. The SMILES string of the molecule is CC[C@H]1OC(=O)[C@H](C)C(=O)[C@H](C)[C@@H](O[C@@H]2O[C@H](C)C[C@H](N(C)C)[C@H]2O)[C@](C)(OC)C[C@@H](C)C(=O)[C@H](C)[C@@H](OC(=O)NCCNC(=O)c2ccc(OC)cc2)[C@]1(C)O. The molecule has 0 saturated carbocycles. The molecule has 0 radical (unpaired) electrons. The number of Topliss-reactive ketones (excluding diaryl/α,β-unsaturated/α-hetero) is 2. The zero-order valence-corrected chi connectivity index (χ0v) is 35.5. The standard InChI is InChI=1S/C41H65N3O13/c1-13-30-41(8,51)35(57-39(50)43-19-18-42-36(48)27-14-16-28(52-11)17-15-27)24(4)31(45)22(2)21-40(7,53-12)34(25(5)32(46)26(6)37(49)55-30)56-38-33(47)29(44(9)10)20-23(3)54-38/h14-17,22-26,29-30,33-35,38,47,51H,13,18-21H2,1-12H3,(H,42,48)(H,43,50)/t22-,23-,24+,25+,26-,29+,30-,33-,34-,35-,38+,40-,41-/m1/s1. The van der Waals surface area contributed by atoms with Crippen molar-refractivity contribution in [2.75, 3.05) is 41.4 Å². The number of hydrogen-bond acceptors (Lipinski definition) is 14. The van der Waals surface area contributed by atoms with Crippen molar-refractivity contribution >= 4 is 29.5 Å². The van der Waals surface area contributed by atoms with Crippen LogP contribution in [-0.2, 0) is 38.1 Å². The summed E-state index contributed by atoms with van der Waals surface area (Å²) in [5.74, 6) is -6.01. The Labute approximate surface area is 336 Å². The third-order valence-electron chi connectivity index (χ3n) is 11.5. The smallest absolute Gasteiger partial charge is 0.407 e. The Balaban J connectivity index is 1.93. The minimum atomic E-state index is -2.11. The summed E-state index contributed by atoms with van der Waals surface area (Å²) in [7, 11) is 6.61. The number of rotatable bonds is 11. The first-order valence-corrected chi connectivity index (χ1v) is 19.7. The monoisotopic (exact) mass is 807 g/mol. The number of ketones is 2. The first-order chi connectivity index (χ1) is 26.6. The molecule has 1 aromatic rings. The second-order valence-electron chi connectivity index (χ2n) is 16.2. The molecular formula is C41H65N3O13. The van der Waals surface area contributed by atoms with E-state index in [-0.39, 0.29) is 44.0 Å². The van der Waals surface area contributed by atoms with Gasteiger partial charge in [0.1, 0.15) is 41.4 Å². The predicted octanol–water partition coefficient (Wildman–Crippen LogP) is 2.90. The van der Waals surface area contributed by atoms with Gasteiger partial charge < -0.3 is 54.2 Å². The molecule has 2 saturated heterocycles. The molecule has 2 fully saturated rings. The molecule has 0 unspecified atom stereocenters. The fraction of sp³-hybridized carbons (Fsp3) is 0.732. The van der Waals surface area contributed by atoms with E-state index < -0.39 is 89.2 Å². The van der Waals surface area contributed by atoms with E-state index in [0.29, 0.717) is 17.7 Å². The molecule has 0 spiro atoms. The molecule has 2 heterocycles. The number of amides is 2. The Morgan fingerprint density at radius 1 is 0.930 bits per heavy atom. The molecule has 2 aliphatic rings. The number of likely N-dealkylation sites (N-methyl/N-ethyl adjacent to an activating group) is 1. The highest BCUT2D eigenvalue weighted by molar-refractivity contribution is 6.00. The number of benzene rings is 1. The average molecular weight is 808 g/mol. The van der Waals surface area contributed by atoms with Crippen LogP contribution in [0, 0.1) is 23.7 Å². The highest BCUT2D eigenvalue weighted by Crippen LogP contribution is 2.39. The summed E-state index contributed by atoms with van der Waals surface area (Å²) < 4.78 is 35.4. The molecule has 322 valence electrons. The second kappa shape index (κ2) is 20.3. The third kappa shape index (κ3) is 11.5. The lowest BCUT2D eigenvalue weighted by Crippen LogP contribution is -2.60. The van der Waals surface area contributed by atoms with Gasteiger partial charge in [-0.15, -0.1) is 0 Å². The summed E-state index contributed by atoms with van der Waals surface area (Å²) in [5.41, 5.74) is -3.09. The Hall–Kier alpha value is -3.67. The Morgan fingerprint density at radius 2 is 1.53 bits per heavy atom. The Kier molecular flexibility index (Phi) is 17.0. The molecule has 16 nitrogen and oxygen atoms in total. The van der Waals surface area contributed by atoms with E-state index in [0.717, 1.165) is 0 Å². The van der Waals surface area contributed by atoms with Crippen LogP contribution in [0.2, 0.25) is 0 Å². The van der Waals surface area contributed by atoms with Gasteiger partial charge in [-0.25, -0.2) is 4.79 Å². The van der Waals surface area contributed by atoms with Gasteiger partial charge in [0.2, 0.25) is 0 Å². The molecule has 13 atom stereocenters.